The van der Waals surface area contributed by atoms with Crippen molar-refractivity contribution in [2.45, 2.75) is 70.0 Å². The fourth-order valence-corrected chi connectivity index (χ4v) is 5.05. The molecule has 5 rings (SSSR count). The highest BCUT2D eigenvalue weighted by Crippen LogP contribution is 2.37. The zero-order valence-corrected chi connectivity index (χ0v) is 15.5. The predicted molar refractivity (Wildman–Crippen MR) is 97.4 cm³/mol. The smallest absolute Gasteiger partial charge is 0.224 e. The third-order valence-corrected chi connectivity index (χ3v) is 6.52. The normalized spacial score (nSPS) is 31.9. The third kappa shape index (κ3) is 3.93. The standard InChI is InChI=1S/C19H31N5O2/c25-9-7-16-11-24(22-21-16)12-17-10-14-6-8-23(17)13-18(14)19(26)20-15-4-2-1-3-5-15/h11,14-15,17-18,25H,1-10,12-13H2,(H,20,26)/t14?,17-,18+/m1/s1. The molecule has 4 heterocycles. The largest absolute Gasteiger partial charge is 0.396 e. The Balaban J connectivity index is 1.32. The Morgan fingerprint density at radius 3 is 2.85 bits per heavy atom. The van der Waals surface area contributed by atoms with Crippen LogP contribution in [0, 0.1) is 11.8 Å². The van der Waals surface area contributed by atoms with E-state index < -0.39 is 0 Å². The van der Waals surface area contributed by atoms with Crippen molar-refractivity contribution < 1.29 is 9.90 Å². The molecule has 4 fully saturated rings. The van der Waals surface area contributed by atoms with Crippen molar-refractivity contribution in [1.29, 1.82) is 0 Å². The van der Waals surface area contributed by atoms with Crippen molar-refractivity contribution in [2.75, 3.05) is 19.7 Å². The fraction of sp³-hybridized carbons (Fsp3) is 0.842. The number of aliphatic hydroxyl groups excluding tert-OH is 1. The molecular formula is C19H31N5O2. The Labute approximate surface area is 155 Å². The van der Waals surface area contributed by atoms with E-state index in [1.807, 2.05) is 10.9 Å². The van der Waals surface area contributed by atoms with E-state index in [1.165, 1.54) is 19.3 Å². The monoisotopic (exact) mass is 361 g/mol. The number of aromatic nitrogens is 3. The Morgan fingerprint density at radius 1 is 1.27 bits per heavy atom. The van der Waals surface area contributed by atoms with Gasteiger partial charge in [0.05, 0.1) is 18.2 Å². The number of hydrogen-bond donors (Lipinski definition) is 2. The van der Waals surface area contributed by atoms with Crippen LogP contribution in [0.5, 0.6) is 0 Å². The second-order valence-corrected chi connectivity index (χ2v) is 8.29. The van der Waals surface area contributed by atoms with Crippen LogP contribution in [0.2, 0.25) is 0 Å². The summed E-state index contributed by atoms with van der Waals surface area (Å²) < 4.78 is 1.90. The van der Waals surface area contributed by atoms with Crippen molar-refractivity contribution in [3.05, 3.63) is 11.9 Å². The van der Waals surface area contributed by atoms with E-state index in [0.29, 0.717) is 24.4 Å². The van der Waals surface area contributed by atoms with Crippen LogP contribution in [0.1, 0.15) is 50.6 Å². The van der Waals surface area contributed by atoms with Crippen LogP contribution in [0.3, 0.4) is 0 Å². The molecule has 1 aromatic heterocycles. The molecule has 0 aromatic carbocycles. The molecule has 4 atom stereocenters. The quantitative estimate of drug-likeness (QED) is 0.789. The van der Waals surface area contributed by atoms with Gasteiger partial charge in [-0.25, -0.2) is 0 Å². The number of fused-ring (bicyclic) bond motifs is 3. The van der Waals surface area contributed by atoms with E-state index in [-0.39, 0.29) is 18.4 Å². The van der Waals surface area contributed by atoms with E-state index in [2.05, 4.69) is 20.5 Å². The van der Waals surface area contributed by atoms with Crippen molar-refractivity contribution in [1.82, 2.24) is 25.2 Å². The number of hydrogen-bond acceptors (Lipinski definition) is 5. The predicted octanol–water partition coefficient (Wildman–Crippen LogP) is 0.972. The molecule has 0 radical (unpaired) electrons. The molecule has 1 aromatic rings. The zero-order chi connectivity index (χ0) is 17.9. The Bertz CT molecular complexity index is 613. The van der Waals surface area contributed by atoms with Gasteiger partial charge in [0, 0.05) is 37.9 Å². The van der Waals surface area contributed by atoms with Crippen LogP contribution in [0.4, 0.5) is 0 Å². The lowest BCUT2D eigenvalue weighted by Gasteiger charge is -2.49. The average molecular weight is 361 g/mol. The van der Waals surface area contributed by atoms with E-state index in [0.717, 1.165) is 51.0 Å². The SMILES string of the molecule is O=C(NC1CCCCC1)[C@H]1CN2CCC1C[C@@H]2Cn1cc(CCO)nn1. The molecule has 3 saturated heterocycles. The number of nitrogens with zero attached hydrogens (tertiary/aromatic N) is 4. The molecule has 1 aliphatic carbocycles. The van der Waals surface area contributed by atoms with Gasteiger partial charge in [-0.2, -0.15) is 0 Å². The van der Waals surface area contributed by atoms with E-state index in [4.69, 9.17) is 5.11 Å². The molecule has 144 valence electrons. The lowest BCUT2D eigenvalue weighted by Crippen LogP contribution is -2.58. The molecule has 2 bridgehead atoms. The fourth-order valence-electron chi connectivity index (χ4n) is 5.05. The van der Waals surface area contributed by atoms with Gasteiger partial charge in [-0.15, -0.1) is 5.10 Å². The highest BCUT2D eigenvalue weighted by Gasteiger charge is 2.43. The second kappa shape index (κ2) is 8.05. The molecule has 2 unspecified atom stereocenters. The molecule has 3 aliphatic heterocycles. The molecule has 26 heavy (non-hydrogen) atoms. The highest BCUT2D eigenvalue weighted by atomic mass is 16.3. The second-order valence-electron chi connectivity index (χ2n) is 8.29. The number of nitrogens with one attached hydrogen (secondary N) is 1. The summed E-state index contributed by atoms with van der Waals surface area (Å²) >= 11 is 0. The third-order valence-electron chi connectivity index (χ3n) is 6.52. The first kappa shape index (κ1) is 17.9. The van der Waals surface area contributed by atoms with Crippen LogP contribution < -0.4 is 5.32 Å². The summed E-state index contributed by atoms with van der Waals surface area (Å²) in [7, 11) is 0. The van der Waals surface area contributed by atoms with Crippen LogP contribution in [0.15, 0.2) is 6.20 Å². The first-order valence-electron chi connectivity index (χ1n) is 10.3. The van der Waals surface area contributed by atoms with Crippen LogP contribution in [-0.2, 0) is 17.8 Å². The number of carbonyl (C=O) groups is 1. The van der Waals surface area contributed by atoms with Gasteiger partial charge < -0.3 is 10.4 Å². The van der Waals surface area contributed by atoms with E-state index in [1.54, 1.807) is 0 Å². The first-order valence-corrected chi connectivity index (χ1v) is 10.3. The number of aliphatic hydroxyl groups is 1. The van der Waals surface area contributed by atoms with E-state index in [9.17, 15) is 4.79 Å². The van der Waals surface area contributed by atoms with Gasteiger partial charge in [-0.3, -0.25) is 14.4 Å². The van der Waals surface area contributed by atoms with Crippen LogP contribution in [0.25, 0.3) is 0 Å². The number of piperidine rings is 3. The van der Waals surface area contributed by atoms with E-state index >= 15 is 0 Å². The number of amides is 1. The molecule has 1 amide bonds. The lowest BCUT2D eigenvalue weighted by molar-refractivity contribution is -0.134. The van der Waals surface area contributed by atoms with Crippen LogP contribution >= 0.6 is 0 Å². The summed E-state index contributed by atoms with van der Waals surface area (Å²) in [5.41, 5.74) is 0.841. The number of carbonyl (C=O) groups excluding carboxylic acids is 1. The van der Waals surface area contributed by atoms with Gasteiger partial charge >= 0.3 is 0 Å². The molecule has 7 nitrogen and oxygen atoms in total. The van der Waals surface area contributed by atoms with Gasteiger partial charge in [0.25, 0.3) is 0 Å². The molecule has 1 saturated carbocycles. The zero-order valence-electron chi connectivity index (χ0n) is 15.5. The average Bonchev–Trinajstić information content (AvgIpc) is 3.10. The maximum absolute atomic E-state index is 12.8. The van der Waals surface area contributed by atoms with Gasteiger partial charge in [-0.05, 0) is 38.1 Å². The number of rotatable bonds is 6. The van der Waals surface area contributed by atoms with Gasteiger partial charge in [-0.1, -0.05) is 24.5 Å². The van der Waals surface area contributed by atoms with Crippen molar-refractivity contribution in [3.8, 4) is 0 Å². The molecular weight excluding hydrogens is 330 g/mol. The summed E-state index contributed by atoms with van der Waals surface area (Å²) in [5.74, 6) is 0.938. The minimum Gasteiger partial charge on any atom is -0.396 e. The van der Waals surface area contributed by atoms with Gasteiger partial charge in [0.1, 0.15) is 0 Å². The Hall–Kier alpha value is -1.47. The molecule has 0 spiro atoms. The topological polar surface area (TPSA) is 83.3 Å². The summed E-state index contributed by atoms with van der Waals surface area (Å²) in [6.45, 7) is 2.90. The summed E-state index contributed by atoms with van der Waals surface area (Å²) in [6.07, 6.45) is 10.8. The summed E-state index contributed by atoms with van der Waals surface area (Å²) in [5, 5.41) is 20.7. The Morgan fingerprint density at radius 2 is 2.12 bits per heavy atom. The Kier molecular flexibility index (Phi) is 5.55. The van der Waals surface area contributed by atoms with Crippen molar-refractivity contribution in [2.24, 2.45) is 11.8 Å². The summed E-state index contributed by atoms with van der Waals surface area (Å²) in [6, 6.07) is 0.846. The maximum Gasteiger partial charge on any atom is 0.224 e. The minimum absolute atomic E-state index is 0.105. The highest BCUT2D eigenvalue weighted by molar-refractivity contribution is 5.79. The van der Waals surface area contributed by atoms with Gasteiger partial charge in [0.2, 0.25) is 5.91 Å². The molecule has 2 N–H and O–H groups in total. The van der Waals surface area contributed by atoms with Crippen molar-refractivity contribution in [3.63, 3.8) is 0 Å². The maximum atomic E-state index is 12.8. The summed E-state index contributed by atoms with van der Waals surface area (Å²) in [4.78, 5) is 15.3. The first-order chi connectivity index (χ1) is 12.7. The molecule has 4 aliphatic rings. The lowest BCUT2D eigenvalue weighted by atomic mass is 9.75. The molecule has 7 heteroatoms. The van der Waals surface area contributed by atoms with Crippen molar-refractivity contribution >= 4 is 5.91 Å². The van der Waals surface area contributed by atoms with Gasteiger partial charge in [0.15, 0.2) is 0 Å². The van der Waals surface area contributed by atoms with Crippen LogP contribution in [-0.4, -0.2) is 62.7 Å². The minimum atomic E-state index is 0.105.